The highest BCUT2D eigenvalue weighted by Gasteiger charge is 2.18. The molecule has 0 aliphatic heterocycles. The third kappa shape index (κ3) is 2.97. The molecule has 0 aliphatic carbocycles. The maximum absolute atomic E-state index is 13.8. The Morgan fingerprint density at radius 2 is 1.90 bits per heavy atom. The van der Waals surface area contributed by atoms with Crippen LogP contribution in [0.1, 0.15) is 11.1 Å². The molecule has 4 nitrogen and oxygen atoms in total. The highest BCUT2D eigenvalue weighted by atomic mass is 32.2. The molecule has 0 aliphatic rings. The number of anilines is 1. The Hall–Kier alpha value is -1.92. The van der Waals surface area contributed by atoms with E-state index in [4.69, 9.17) is 5.73 Å². The van der Waals surface area contributed by atoms with E-state index in [-0.39, 0.29) is 17.1 Å². The van der Waals surface area contributed by atoms with Gasteiger partial charge in [-0.05, 0) is 36.2 Å². The number of halogens is 1. The van der Waals surface area contributed by atoms with Gasteiger partial charge < -0.3 is 5.73 Å². The Morgan fingerprint density at radius 3 is 2.50 bits per heavy atom. The van der Waals surface area contributed by atoms with Crippen LogP contribution >= 0.6 is 0 Å². The van der Waals surface area contributed by atoms with E-state index in [1.807, 2.05) is 0 Å². The summed E-state index contributed by atoms with van der Waals surface area (Å²) in [4.78, 5) is 0.127. The summed E-state index contributed by atoms with van der Waals surface area (Å²) in [5.41, 5.74) is 6.50. The first-order chi connectivity index (χ1) is 9.44. The average molecular weight is 294 g/mol. The van der Waals surface area contributed by atoms with Gasteiger partial charge in [0.05, 0.1) is 10.6 Å². The van der Waals surface area contributed by atoms with Crippen LogP contribution in [0.25, 0.3) is 0 Å². The van der Waals surface area contributed by atoms with E-state index < -0.39 is 15.8 Å². The van der Waals surface area contributed by atoms with E-state index in [9.17, 15) is 12.8 Å². The smallest absolute Gasteiger partial charge is 0.262 e. The van der Waals surface area contributed by atoms with Crippen molar-refractivity contribution in [2.45, 2.75) is 18.4 Å². The van der Waals surface area contributed by atoms with Crippen LogP contribution in [0, 0.1) is 12.7 Å². The predicted molar refractivity (Wildman–Crippen MR) is 76.3 cm³/mol. The molecule has 3 N–H and O–H groups in total. The largest absolute Gasteiger partial charge is 0.326 e. The van der Waals surface area contributed by atoms with E-state index in [0.717, 1.165) is 0 Å². The standard InChI is InChI=1S/C14H15FN2O2S/c1-10-4-2-3-5-14(10)20(18,19)17-13-7-6-11(9-16)8-12(13)15/h2-8,17H,9,16H2,1H3. The second-order valence-corrected chi connectivity index (χ2v) is 6.04. The zero-order valence-electron chi connectivity index (χ0n) is 10.9. The molecule has 0 aromatic heterocycles. The minimum absolute atomic E-state index is 0.0922. The normalized spacial score (nSPS) is 11.3. The summed E-state index contributed by atoms with van der Waals surface area (Å²) in [6.07, 6.45) is 0. The van der Waals surface area contributed by atoms with Gasteiger partial charge in [-0.3, -0.25) is 4.72 Å². The van der Waals surface area contributed by atoms with Crippen molar-refractivity contribution in [1.29, 1.82) is 0 Å². The third-order valence-corrected chi connectivity index (χ3v) is 4.42. The van der Waals surface area contributed by atoms with Crippen molar-refractivity contribution in [3.8, 4) is 0 Å². The number of rotatable bonds is 4. The maximum atomic E-state index is 13.8. The number of nitrogens with two attached hydrogens (primary N) is 1. The van der Waals surface area contributed by atoms with Gasteiger partial charge in [0.15, 0.2) is 0 Å². The molecule has 0 atom stereocenters. The zero-order valence-corrected chi connectivity index (χ0v) is 11.7. The quantitative estimate of drug-likeness (QED) is 0.909. The van der Waals surface area contributed by atoms with Crippen molar-refractivity contribution in [2.75, 3.05) is 4.72 Å². The van der Waals surface area contributed by atoms with Crippen molar-refractivity contribution in [1.82, 2.24) is 0 Å². The lowest BCUT2D eigenvalue weighted by Crippen LogP contribution is -2.15. The second kappa shape index (κ2) is 5.60. The Morgan fingerprint density at radius 1 is 1.20 bits per heavy atom. The topological polar surface area (TPSA) is 72.2 Å². The summed E-state index contributed by atoms with van der Waals surface area (Å²) in [6, 6.07) is 10.7. The lowest BCUT2D eigenvalue weighted by atomic mass is 10.2. The number of hydrogen-bond acceptors (Lipinski definition) is 3. The van der Waals surface area contributed by atoms with E-state index in [1.54, 1.807) is 31.2 Å². The molecular weight excluding hydrogens is 279 g/mol. The van der Waals surface area contributed by atoms with Gasteiger partial charge >= 0.3 is 0 Å². The number of aryl methyl sites for hydroxylation is 1. The van der Waals surface area contributed by atoms with E-state index >= 15 is 0 Å². The Labute approximate surface area is 117 Å². The summed E-state index contributed by atoms with van der Waals surface area (Å²) in [5.74, 6) is -0.648. The fraction of sp³-hybridized carbons (Fsp3) is 0.143. The van der Waals surface area contributed by atoms with Crippen molar-refractivity contribution in [2.24, 2.45) is 5.73 Å². The minimum atomic E-state index is -3.81. The van der Waals surface area contributed by atoms with Crippen molar-refractivity contribution in [3.05, 3.63) is 59.4 Å². The van der Waals surface area contributed by atoms with Gasteiger partial charge in [0, 0.05) is 6.54 Å². The molecule has 0 bridgehead atoms. The third-order valence-electron chi connectivity index (χ3n) is 2.90. The second-order valence-electron chi connectivity index (χ2n) is 4.39. The summed E-state index contributed by atoms with van der Waals surface area (Å²) < 4.78 is 40.5. The van der Waals surface area contributed by atoms with Gasteiger partial charge in [-0.15, -0.1) is 0 Å². The molecule has 0 radical (unpaired) electrons. The van der Waals surface area contributed by atoms with Gasteiger partial charge in [-0.1, -0.05) is 24.3 Å². The fourth-order valence-corrected chi connectivity index (χ4v) is 3.14. The van der Waals surface area contributed by atoms with E-state index in [0.29, 0.717) is 11.1 Å². The van der Waals surface area contributed by atoms with Crippen LogP contribution in [-0.4, -0.2) is 8.42 Å². The number of sulfonamides is 1. The summed E-state index contributed by atoms with van der Waals surface area (Å²) in [7, 11) is -3.81. The molecule has 106 valence electrons. The van der Waals surface area contributed by atoms with Crippen LogP contribution in [0.3, 0.4) is 0 Å². The molecule has 0 unspecified atom stereocenters. The first-order valence-corrected chi connectivity index (χ1v) is 7.49. The van der Waals surface area contributed by atoms with Crippen LogP contribution in [-0.2, 0) is 16.6 Å². The number of benzene rings is 2. The van der Waals surface area contributed by atoms with E-state index in [1.165, 1.54) is 18.2 Å². The summed E-state index contributed by atoms with van der Waals surface area (Å²) in [6.45, 7) is 1.88. The van der Waals surface area contributed by atoms with Crippen LogP contribution in [0.15, 0.2) is 47.4 Å². The Balaban J connectivity index is 2.36. The molecule has 2 aromatic rings. The molecule has 0 saturated carbocycles. The zero-order chi connectivity index (χ0) is 14.8. The summed E-state index contributed by atoms with van der Waals surface area (Å²) in [5, 5.41) is 0. The van der Waals surface area contributed by atoms with Gasteiger partial charge in [-0.25, -0.2) is 12.8 Å². The monoisotopic (exact) mass is 294 g/mol. The number of hydrogen-bond donors (Lipinski definition) is 2. The molecule has 0 spiro atoms. The molecule has 0 saturated heterocycles. The predicted octanol–water partition coefficient (Wildman–Crippen LogP) is 2.39. The highest BCUT2D eigenvalue weighted by molar-refractivity contribution is 7.92. The van der Waals surface area contributed by atoms with Crippen LogP contribution in [0.5, 0.6) is 0 Å². The highest BCUT2D eigenvalue weighted by Crippen LogP contribution is 2.22. The van der Waals surface area contributed by atoms with Crippen LogP contribution < -0.4 is 10.5 Å². The molecule has 2 aromatic carbocycles. The SMILES string of the molecule is Cc1ccccc1S(=O)(=O)Nc1ccc(CN)cc1F. The average Bonchev–Trinajstić information content (AvgIpc) is 2.41. The molecule has 0 fully saturated rings. The van der Waals surface area contributed by atoms with Gasteiger partial charge in [0.1, 0.15) is 5.82 Å². The van der Waals surface area contributed by atoms with Crippen LogP contribution in [0.4, 0.5) is 10.1 Å². The van der Waals surface area contributed by atoms with Crippen LogP contribution in [0.2, 0.25) is 0 Å². The maximum Gasteiger partial charge on any atom is 0.262 e. The molecule has 6 heteroatoms. The van der Waals surface area contributed by atoms with Crippen molar-refractivity contribution < 1.29 is 12.8 Å². The molecule has 2 rings (SSSR count). The summed E-state index contributed by atoms with van der Waals surface area (Å²) >= 11 is 0. The fourth-order valence-electron chi connectivity index (χ4n) is 1.83. The molecule has 0 amide bonds. The van der Waals surface area contributed by atoms with E-state index in [2.05, 4.69) is 4.72 Å². The minimum Gasteiger partial charge on any atom is -0.326 e. The first-order valence-electron chi connectivity index (χ1n) is 6.01. The molecular formula is C14H15FN2O2S. The first kappa shape index (κ1) is 14.5. The Kier molecular flexibility index (Phi) is 4.06. The van der Waals surface area contributed by atoms with Gasteiger partial charge in [0.2, 0.25) is 0 Å². The van der Waals surface area contributed by atoms with Crippen molar-refractivity contribution >= 4 is 15.7 Å². The van der Waals surface area contributed by atoms with Crippen molar-refractivity contribution in [3.63, 3.8) is 0 Å². The Bertz CT molecular complexity index is 730. The molecule has 20 heavy (non-hydrogen) atoms. The molecule has 0 heterocycles. The van der Waals surface area contributed by atoms with Gasteiger partial charge in [0.25, 0.3) is 10.0 Å². The van der Waals surface area contributed by atoms with Gasteiger partial charge in [-0.2, -0.15) is 0 Å². The number of nitrogens with one attached hydrogen (secondary N) is 1. The lowest BCUT2D eigenvalue weighted by Gasteiger charge is -2.11. The lowest BCUT2D eigenvalue weighted by molar-refractivity contribution is 0.598.